The normalized spacial score (nSPS) is 12.1. The SMILES string of the molecule is Cc1nc(CCN)sc1C(C)(F)F. The van der Waals surface area contributed by atoms with E-state index in [-0.39, 0.29) is 4.88 Å². The topological polar surface area (TPSA) is 38.9 Å². The van der Waals surface area contributed by atoms with Crippen LogP contribution in [0.5, 0.6) is 0 Å². The molecule has 1 aromatic rings. The molecular weight excluding hydrogens is 194 g/mol. The van der Waals surface area contributed by atoms with E-state index in [1.165, 1.54) is 0 Å². The summed E-state index contributed by atoms with van der Waals surface area (Å²) < 4.78 is 25.8. The van der Waals surface area contributed by atoms with Crippen molar-refractivity contribution in [2.45, 2.75) is 26.2 Å². The average molecular weight is 206 g/mol. The van der Waals surface area contributed by atoms with E-state index in [1.807, 2.05) is 0 Å². The molecule has 1 rings (SSSR count). The summed E-state index contributed by atoms with van der Waals surface area (Å²) in [6.45, 7) is 2.94. The third-order valence-electron chi connectivity index (χ3n) is 1.60. The number of nitrogens with two attached hydrogens (primary N) is 1. The summed E-state index contributed by atoms with van der Waals surface area (Å²) in [6.07, 6.45) is 0.571. The van der Waals surface area contributed by atoms with E-state index < -0.39 is 5.92 Å². The van der Waals surface area contributed by atoms with Gasteiger partial charge in [-0.25, -0.2) is 13.8 Å². The van der Waals surface area contributed by atoms with Gasteiger partial charge in [-0.2, -0.15) is 0 Å². The number of halogens is 2. The maximum atomic E-state index is 12.9. The summed E-state index contributed by atoms with van der Waals surface area (Å²) in [6, 6.07) is 0. The van der Waals surface area contributed by atoms with Crippen LogP contribution in [0.15, 0.2) is 0 Å². The average Bonchev–Trinajstić information content (AvgIpc) is 2.30. The summed E-state index contributed by atoms with van der Waals surface area (Å²) in [4.78, 5) is 4.08. The highest BCUT2D eigenvalue weighted by molar-refractivity contribution is 7.11. The van der Waals surface area contributed by atoms with Gasteiger partial charge in [0.2, 0.25) is 0 Å². The minimum atomic E-state index is -2.78. The Morgan fingerprint density at radius 2 is 2.15 bits per heavy atom. The molecule has 0 saturated carbocycles. The Balaban J connectivity index is 2.96. The van der Waals surface area contributed by atoms with Crippen LogP contribution in [0, 0.1) is 6.92 Å². The molecule has 0 bridgehead atoms. The molecule has 0 atom stereocenters. The van der Waals surface area contributed by atoms with Crippen molar-refractivity contribution >= 4 is 11.3 Å². The Kier molecular flexibility index (Phi) is 2.98. The lowest BCUT2D eigenvalue weighted by Gasteiger charge is -2.06. The van der Waals surface area contributed by atoms with Crippen LogP contribution in [0.4, 0.5) is 8.78 Å². The van der Waals surface area contributed by atoms with Crippen LogP contribution >= 0.6 is 11.3 Å². The lowest BCUT2D eigenvalue weighted by molar-refractivity contribution is 0.0206. The monoisotopic (exact) mass is 206 g/mol. The molecule has 0 aliphatic rings. The van der Waals surface area contributed by atoms with Gasteiger partial charge in [-0.05, 0) is 13.5 Å². The van der Waals surface area contributed by atoms with Gasteiger partial charge in [-0.3, -0.25) is 0 Å². The minimum absolute atomic E-state index is 0.0518. The van der Waals surface area contributed by atoms with Crippen LogP contribution in [0.2, 0.25) is 0 Å². The number of aromatic nitrogens is 1. The van der Waals surface area contributed by atoms with Gasteiger partial charge in [0.05, 0.1) is 15.6 Å². The second-order valence-corrected chi connectivity index (χ2v) is 4.03. The van der Waals surface area contributed by atoms with Crippen molar-refractivity contribution in [2.24, 2.45) is 5.73 Å². The summed E-state index contributed by atoms with van der Waals surface area (Å²) in [5, 5.41) is 0.691. The molecule has 0 aliphatic heterocycles. The molecule has 0 fully saturated rings. The Hall–Kier alpha value is -0.550. The zero-order valence-electron chi connectivity index (χ0n) is 7.60. The largest absolute Gasteiger partial charge is 0.330 e. The predicted molar refractivity (Wildman–Crippen MR) is 49.2 cm³/mol. The number of aryl methyl sites for hydroxylation is 1. The van der Waals surface area contributed by atoms with Crippen LogP contribution in [0.3, 0.4) is 0 Å². The molecule has 13 heavy (non-hydrogen) atoms. The maximum absolute atomic E-state index is 12.9. The first-order chi connectivity index (χ1) is 5.95. The highest BCUT2D eigenvalue weighted by Crippen LogP contribution is 2.34. The zero-order valence-corrected chi connectivity index (χ0v) is 8.42. The molecule has 1 heterocycles. The molecule has 2 nitrogen and oxygen atoms in total. The van der Waals surface area contributed by atoms with Crippen molar-refractivity contribution in [3.8, 4) is 0 Å². The fraction of sp³-hybridized carbons (Fsp3) is 0.625. The molecule has 0 saturated heterocycles. The van der Waals surface area contributed by atoms with Crippen LogP contribution in [-0.4, -0.2) is 11.5 Å². The van der Waals surface area contributed by atoms with Crippen LogP contribution < -0.4 is 5.73 Å². The van der Waals surface area contributed by atoms with Gasteiger partial charge in [-0.1, -0.05) is 0 Å². The number of hydrogen-bond acceptors (Lipinski definition) is 3. The smallest absolute Gasteiger partial charge is 0.281 e. The fourth-order valence-corrected chi connectivity index (χ4v) is 2.10. The minimum Gasteiger partial charge on any atom is -0.330 e. The third kappa shape index (κ3) is 2.45. The number of nitrogens with zero attached hydrogens (tertiary/aromatic N) is 1. The fourth-order valence-electron chi connectivity index (χ4n) is 1.09. The standard InChI is InChI=1S/C8H12F2N2S/c1-5-7(8(2,9)10)13-6(12-5)3-4-11/h3-4,11H2,1-2H3. The van der Waals surface area contributed by atoms with Gasteiger partial charge < -0.3 is 5.73 Å². The summed E-state index contributed by atoms with van der Waals surface area (Å²) in [5.74, 6) is -2.78. The molecule has 1 aromatic heterocycles. The van der Waals surface area contributed by atoms with E-state index in [1.54, 1.807) is 6.92 Å². The zero-order chi connectivity index (χ0) is 10.1. The van der Waals surface area contributed by atoms with Crippen LogP contribution in [-0.2, 0) is 12.3 Å². The number of thiazole rings is 1. The Bertz CT molecular complexity index is 291. The van der Waals surface area contributed by atoms with E-state index in [2.05, 4.69) is 4.98 Å². The lowest BCUT2D eigenvalue weighted by Crippen LogP contribution is -2.05. The Morgan fingerprint density at radius 1 is 1.54 bits per heavy atom. The molecule has 0 aliphatic carbocycles. The number of rotatable bonds is 3. The van der Waals surface area contributed by atoms with Crippen molar-refractivity contribution in [3.63, 3.8) is 0 Å². The molecular formula is C8H12F2N2S. The molecule has 74 valence electrons. The molecule has 0 aromatic carbocycles. The van der Waals surface area contributed by atoms with E-state index in [9.17, 15) is 8.78 Å². The first kappa shape index (κ1) is 10.5. The quantitative estimate of drug-likeness (QED) is 0.822. The molecule has 0 amide bonds. The second kappa shape index (κ2) is 3.67. The van der Waals surface area contributed by atoms with Crippen LogP contribution in [0.1, 0.15) is 22.5 Å². The van der Waals surface area contributed by atoms with Gasteiger partial charge in [0.25, 0.3) is 5.92 Å². The Labute approximate surface area is 79.8 Å². The Morgan fingerprint density at radius 3 is 2.54 bits per heavy atom. The highest BCUT2D eigenvalue weighted by Gasteiger charge is 2.29. The maximum Gasteiger partial charge on any atom is 0.281 e. The van der Waals surface area contributed by atoms with Gasteiger partial charge >= 0.3 is 0 Å². The predicted octanol–water partition coefficient (Wildman–Crippen LogP) is 2.06. The molecule has 0 unspecified atom stereocenters. The third-order valence-corrected chi connectivity index (χ3v) is 2.99. The van der Waals surface area contributed by atoms with Crippen molar-refractivity contribution < 1.29 is 8.78 Å². The molecule has 0 radical (unpaired) electrons. The molecule has 0 spiro atoms. The second-order valence-electron chi connectivity index (χ2n) is 2.95. The summed E-state index contributed by atoms with van der Waals surface area (Å²) in [5.41, 5.74) is 5.73. The molecule has 2 N–H and O–H groups in total. The van der Waals surface area contributed by atoms with Crippen molar-refractivity contribution in [3.05, 3.63) is 15.6 Å². The van der Waals surface area contributed by atoms with Gasteiger partial charge in [-0.15, -0.1) is 11.3 Å². The number of hydrogen-bond donors (Lipinski definition) is 1. The van der Waals surface area contributed by atoms with E-state index in [4.69, 9.17) is 5.73 Å². The van der Waals surface area contributed by atoms with E-state index >= 15 is 0 Å². The highest BCUT2D eigenvalue weighted by atomic mass is 32.1. The van der Waals surface area contributed by atoms with E-state index in [0.717, 1.165) is 18.3 Å². The van der Waals surface area contributed by atoms with Crippen molar-refractivity contribution in [1.29, 1.82) is 0 Å². The molecule has 5 heteroatoms. The lowest BCUT2D eigenvalue weighted by atomic mass is 10.3. The first-order valence-electron chi connectivity index (χ1n) is 4.00. The van der Waals surface area contributed by atoms with Crippen LogP contribution in [0.25, 0.3) is 0 Å². The number of alkyl halides is 2. The van der Waals surface area contributed by atoms with Gasteiger partial charge in [0.15, 0.2) is 0 Å². The summed E-state index contributed by atoms with van der Waals surface area (Å²) >= 11 is 1.05. The van der Waals surface area contributed by atoms with E-state index in [0.29, 0.717) is 23.7 Å². The van der Waals surface area contributed by atoms with Crippen molar-refractivity contribution in [2.75, 3.05) is 6.54 Å². The summed E-state index contributed by atoms with van der Waals surface area (Å²) in [7, 11) is 0. The van der Waals surface area contributed by atoms with Gasteiger partial charge in [0, 0.05) is 13.3 Å². The van der Waals surface area contributed by atoms with Crippen molar-refractivity contribution in [1.82, 2.24) is 4.98 Å². The van der Waals surface area contributed by atoms with Gasteiger partial charge in [0.1, 0.15) is 0 Å². The first-order valence-corrected chi connectivity index (χ1v) is 4.81.